The zero-order valence-electron chi connectivity index (χ0n) is 13.0. The molecule has 2 N–H and O–H groups in total. The minimum atomic E-state index is -1.38. The maximum absolute atomic E-state index is 10.6. The molecule has 0 unspecified atom stereocenters. The molecule has 2 nitrogen and oxygen atoms in total. The fourth-order valence-electron chi connectivity index (χ4n) is 1.98. The van der Waals surface area contributed by atoms with Crippen LogP contribution in [0.15, 0.2) is 72.8 Å². The summed E-state index contributed by atoms with van der Waals surface area (Å²) >= 11 is 0. The van der Waals surface area contributed by atoms with Crippen molar-refractivity contribution in [2.24, 2.45) is 0 Å². The van der Waals surface area contributed by atoms with E-state index >= 15 is 0 Å². The lowest BCUT2D eigenvalue weighted by Gasteiger charge is -2.34. The summed E-state index contributed by atoms with van der Waals surface area (Å²) < 4.78 is 0. The fraction of sp³-hybridized carbons (Fsp3) is 0.200. The lowest BCUT2D eigenvalue weighted by molar-refractivity contribution is -0.0673. The second-order valence-electron chi connectivity index (χ2n) is 5.78. The summed E-state index contributed by atoms with van der Waals surface area (Å²) in [5.74, 6) is 0. The van der Waals surface area contributed by atoms with Gasteiger partial charge in [0.15, 0.2) is 0 Å². The average molecular weight is 294 g/mol. The molecule has 2 rings (SSSR count). The Balaban J connectivity index is 2.16. The van der Waals surface area contributed by atoms with Crippen LogP contribution in [-0.4, -0.2) is 21.4 Å². The van der Waals surface area contributed by atoms with E-state index in [-0.39, 0.29) is 0 Å². The molecule has 0 aliphatic rings. The molecule has 0 fully saturated rings. The molecule has 114 valence electrons. The van der Waals surface area contributed by atoms with Crippen LogP contribution in [0.3, 0.4) is 0 Å². The molecule has 0 radical (unpaired) electrons. The Morgan fingerprint density at radius 1 is 0.636 bits per heavy atom. The molecule has 0 aliphatic carbocycles. The van der Waals surface area contributed by atoms with Gasteiger partial charge in [-0.15, -0.1) is 0 Å². The van der Waals surface area contributed by atoms with Crippen molar-refractivity contribution >= 4 is 12.2 Å². The van der Waals surface area contributed by atoms with E-state index in [1.165, 1.54) is 0 Å². The molecule has 0 aliphatic heterocycles. The minimum absolute atomic E-state index is 0.977. The Labute approximate surface area is 132 Å². The Morgan fingerprint density at radius 3 is 1.27 bits per heavy atom. The molecule has 0 bridgehead atoms. The Bertz CT molecular complexity index is 578. The number of hydrogen-bond donors (Lipinski definition) is 2. The van der Waals surface area contributed by atoms with Gasteiger partial charge >= 0.3 is 0 Å². The van der Waals surface area contributed by atoms with Crippen LogP contribution in [0.25, 0.3) is 12.2 Å². The Hall–Kier alpha value is -2.16. The van der Waals surface area contributed by atoms with Gasteiger partial charge in [-0.05, 0) is 37.1 Å². The second-order valence-corrected chi connectivity index (χ2v) is 5.78. The van der Waals surface area contributed by atoms with Gasteiger partial charge in [0.2, 0.25) is 0 Å². The predicted molar refractivity (Wildman–Crippen MR) is 92.2 cm³/mol. The largest absolute Gasteiger partial charge is 0.383 e. The highest BCUT2D eigenvalue weighted by atomic mass is 16.3. The van der Waals surface area contributed by atoms with Crippen LogP contribution in [0.1, 0.15) is 25.0 Å². The lowest BCUT2D eigenvalue weighted by atomic mass is 9.84. The summed E-state index contributed by atoms with van der Waals surface area (Å²) in [5.41, 5.74) is -0.807. The van der Waals surface area contributed by atoms with Crippen LogP contribution in [0.4, 0.5) is 0 Å². The van der Waals surface area contributed by atoms with E-state index in [1.807, 2.05) is 72.8 Å². The van der Waals surface area contributed by atoms with Crippen molar-refractivity contribution in [3.63, 3.8) is 0 Å². The van der Waals surface area contributed by atoms with Gasteiger partial charge in [-0.3, -0.25) is 0 Å². The van der Waals surface area contributed by atoms with E-state index in [0.717, 1.165) is 11.1 Å². The van der Waals surface area contributed by atoms with Gasteiger partial charge in [-0.1, -0.05) is 72.8 Å². The number of aliphatic hydroxyl groups is 2. The van der Waals surface area contributed by atoms with Crippen LogP contribution >= 0.6 is 0 Å². The first-order chi connectivity index (χ1) is 10.4. The molecule has 0 spiro atoms. The van der Waals surface area contributed by atoms with Crippen molar-refractivity contribution in [1.82, 2.24) is 0 Å². The standard InChI is InChI=1S/C20H22O2/c1-19(21,15-13-17-9-5-3-6-10-17)20(2,22)16-14-18-11-7-4-8-12-18/h3-16,21-22H,1-2H3/b15-13+,16-14+/t19-,20-/m0/s1. The summed E-state index contributed by atoms with van der Waals surface area (Å²) in [7, 11) is 0. The number of benzene rings is 2. The fourth-order valence-corrected chi connectivity index (χ4v) is 1.98. The summed E-state index contributed by atoms with van der Waals surface area (Å²) in [4.78, 5) is 0. The van der Waals surface area contributed by atoms with E-state index in [2.05, 4.69) is 0 Å². The maximum atomic E-state index is 10.6. The maximum Gasteiger partial charge on any atom is 0.112 e. The monoisotopic (exact) mass is 294 g/mol. The van der Waals surface area contributed by atoms with E-state index in [1.54, 1.807) is 26.0 Å². The van der Waals surface area contributed by atoms with Crippen molar-refractivity contribution in [1.29, 1.82) is 0 Å². The number of rotatable bonds is 5. The van der Waals surface area contributed by atoms with Crippen molar-refractivity contribution < 1.29 is 10.2 Å². The van der Waals surface area contributed by atoms with Gasteiger partial charge in [0.05, 0.1) is 0 Å². The van der Waals surface area contributed by atoms with E-state index in [9.17, 15) is 10.2 Å². The van der Waals surface area contributed by atoms with Crippen LogP contribution in [0.5, 0.6) is 0 Å². The zero-order valence-corrected chi connectivity index (χ0v) is 13.0. The van der Waals surface area contributed by atoms with Gasteiger partial charge in [-0.25, -0.2) is 0 Å². The zero-order chi connectivity index (χ0) is 16.1. The molecular formula is C20H22O2. The quantitative estimate of drug-likeness (QED) is 0.877. The van der Waals surface area contributed by atoms with Crippen molar-refractivity contribution in [3.8, 4) is 0 Å². The molecule has 0 heterocycles. The van der Waals surface area contributed by atoms with Crippen LogP contribution in [-0.2, 0) is 0 Å². The van der Waals surface area contributed by atoms with Gasteiger partial charge < -0.3 is 10.2 Å². The molecular weight excluding hydrogens is 272 g/mol. The van der Waals surface area contributed by atoms with Crippen LogP contribution in [0, 0.1) is 0 Å². The molecule has 22 heavy (non-hydrogen) atoms. The SMILES string of the molecule is C[C@](O)(/C=C/c1ccccc1)[C@@](C)(O)/C=C/c1ccccc1. The first-order valence-corrected chi connectivity index (χ1v) is 7.34. The van der Waals surface area contributed by atoms with Crippen molar-refractivity contribution in [3.05, 3.63) is 83.9 Å². The first kappa shape index (κ1) is 16.2. The molecule has 2 atom stereocenters. The van der Waals surface area contributed by atoms with Gasteiger partial charge in [0.1, 0.15) is 11.2 Å². The molecule has 0 saturated heterocycles. The molecule has 0 aromatic heterocycles. The summed E-state index contributed by atoms with van der Waals surface area (Å²) in [5, 5.41) is 21.2. The van der Waals surface area contributed by atoms with Gasteiger partial charge in [-0.2, -0.15) is 0 Å². The van der Waals surface area contributed by atoms with Crippen LogP contribution < -0.4 is 0 Å². The highest BCUT2D eigenvalue weighted by Gasteiger charge is 2.37. The van der Waals surface area contributed by atoms with Gasteiger partial charge in [0.25, 0.3) is 0 Å². The summed E-state index contributed by atoms with van der Waals surface area (Å²) in [6, 6.07) is 19.4. The molecule has 2 aromatic carbocycles. The molecule has 2 heteroatoms. The van der Waals surface area contributed by atoms with E-state index in [4.69, 9.17) is 0 Å². The summed E-state index contributed by atoms with van der Waals surface area (Å²) in [6.07, 6.45) is 6.87. The molecule has 2 aromatic rings. The first-order valence-electron chi connectivity index (χ1n) is 7.34. The summed E-state index contributed by atoms with van der Waals surface area (Å²) in [6.45, 7) is 3.20. The third-order valence-corrected chi connectivity index (χ3v) is 3.82. The molecule has 0 amide bonds. The Morgan fingerprint density at radius 2 is 0.955 bits per heavy atom. The topological polar surface area (TPSA) is 40.5 Å². The minimum Gasteiger partial charge on any atom is -0.383 e. The highest BCUT2D eigenvalue weighted by molar-refractivity contribution is 5.53. The van der Waals surface area contributed by atoms with Gasteiger partial charge in [0, 0.05) is 0 Å². The highest BCUT2D eigenvalue weighted by Crippen LogP contribution is 2.26. The van der Waals surface area contributed by atoms with E-state index < -0.39 is 11.2 Å². The van der Waals surface area contributed by atoms with Crippen molar-refractivity contribution in [2.45, 2.75) is 25.0 Å². The Kier molecular flexibility index (Phi) is 4.96. The molecule has 0 saturated carbocycles. The third-order valence-electron chi connectivity index (χ3n) is 3.82. The smallest absolute Gasteiger partial charge is 0.112 e. The predicted octanol–water partition coefficient (Wildman–Crippen LogP) is 3.92. The second kappa shape index (κ2) is 6.73. The average Bonchev–Trinajstić information content (AvgIpc) is 2.53. The number of hydrogen-bond acceptors (Lipinski definition) is 2. The van der Waals surface area contributed by atoms with Crippen molar-refractivity contribution in [2.75, 3.05) is 0 Å². The third kappa shape index (κ3) is 4.17. The van der Waals surface area contributed by atoms with Crippen LogP contribution in [0.2, 0.25) is 0 Å². The van der Waals surface area contributed by atoms with E-state index in [0.29, 0.717) is 0 Å². The normalized spacial score (nSPS) is 17.5. The lowest BCUT2D eigenvalue weighted by Crippen LogP contribution is -2.46.